The maximum absolute atomic E-state index is 13.2. The number of hydrogen-bond acceptors (Lipinski definition) is 6. The van der Waals surface area contributed by atoms with Crippen molar-refractivity contribution < 1.29 is 23.8 Å². The number of allylic oxidation sites excluding steroid dienone is 3. The van der Waals surface area contributed by atoms with Gasteiger partial charge in [0.2, 0.25) is 0 Å². The SMILES string of the molecule is CCCOCC(=O)CC(C(=O)OC(C)CC)C(NC(C)OC(C)(C)C)C1=CC=CCC1. The van der Waals surface area contributed by atoms with Crippen molar-refractivity contribution in [3.63, 3.8) is 0 Å². The molecule has 0 fully saturated rings. The molecule has 0 radical (unpaired) electrons. The van der Waals surface area contributed by atoms with E-state index in [9.17, 15) is 9.59 Å². The van der Waals surface area contributed by atoms with Gasteiger partial charge < -0.3 is 14.2 Å². The van der Waals surface area contributed by atoms with Gasteiger partial charge in [0, 0.05) is 19.1 Å². The summed E-state index contributed by atoms with van der Waals surface area (Å²) in [5, 5.41) is 3.47. The Morgan fingerprint density at radius 3 is 2.45 bits per heavy atom. The number of rotatable bonds is 14. The van der Waals surface area contributed by atoms with E-state index in [1.165, 1.54) is 0 Å². The summed E-state index contributed by atoms with van der Waals surface area (Å²) >= 11 is 0. The predicted molar refractivity (Wildman–Crippen MR) is 124 cm³/mol. The topological polar surface area (TPSA) is 73.9 Å². The van der Waals surface area contributed by atoms with E-state index in [1.807, 2.05) is 60.6 Å². The van der Waals surface area contributed by atoms with Crippen LogP contribution in [0.3, 0.4) is 0 Å². The lowest BCUT2D eigenvalue weighted by atomic mass is 9.85. The molecule has 0 aromatic rings. The Balaban J connectivity index is 3.14. The maximum atomic E-state index is 13.2. The second-order valence-corrected chi connectivity index (χ2v) is 9.28. The average molecular weight is 438 g/mol. The average Bonchev–Trinajstić information content (AvgIpc) is 2.69. The lowest BCUT2D eigenvalue weighted by Gasteiger charge is -2.34. The Labute approximate surface area is 188 Å². The molecular formula is C25H43NO5. The van der Waals surface area contributed by atoms with Gasteiger partial charge in [0.1, 0.15) is 12.8 Å². The summed E-state index contributed by atoms with van der Waals surface area (Å²) in [6.45, 7) is 14.3. The highest BCUT2D eigenvalue weighted by atomic mass is 16.5. The zero-order valence-electron chi connectivity index (χ0n) is 20.5. The Morgan fingerprint density at radius 1 is 1.19 bits per heavy atom. The summed E-state index contributed by atoms with van der Waals surface area (Å²) in [6, 6.07) is -0.353. The van der Waals surface area contributed by atoms with Crippen LogP contribution < -0.4 is 5.32 Å². The first-order chi connectivity index (χ1) is 14.6. The van der Waals surface area contributed by atoms with E-state index < -0.39 is 5.92 Å². The van der Waals surface area contributed by atoms with Gasteiger partial charge in [-0.2, -0.15) is 0 Å². The monoisotopic (exact) mass is 437 g/mol. The molecule has 0 amide bonds. The summed E-state index contributed by atoms with van der Waals surface area (Å²) in [4.78, 5) is 25.9. The summed E-state index contributed by atoms with van der Waals surface area (Å²) in [6.07, 6.45) is 9.00. The van der Waals surface area contributed by atoms with Crippen molar-refractivity contribution in [2.75, 3.05) is 13.2 Å². The molecule has 0 bridgehead atoms. The van der Waals surface area contributed by atoms with E-state index in [2.05, 4.69) is 11.4 Å². The highest BCUT2D eigenvalue weighted by Gasteiger charge is 2.36. The van der Waals surface area contributed by atoms with Crippen LogP contribution in [0.4, 0.5) is 0 Å². The fourth-order valence-electron chi connectivity index (χ4n) is 3.52. The standard InChI is InChI=1S/C25H43NO5/c1-8-15-29-17-21(27)16-22(24(28)30-18(3)9-2)23(20-13-11-10-12-14-20)26-19(4)31-25(5,6)7/h10-11,13,18-19,22-23,26H,8-9,12,14-17H2,1-7H3. The number of nitrogens with one attached hydrogen (secondary N) is 1. The lowest BCUT2D eigenvalue weighted by molar-refractivity contribution is -0.156. The fourth-order valence-corrected chi connectivity index (χ4v) is 3.52. The second kappa shape index (κ2) is 13.8. The molecule has 6 nitrogen and oxygen atoms in total. The molecule has 1 rings (SSSR count). The van der Waals surface area contributed by atoms with Gasteiger partial charge in [-0.3, -0.25) is 14.9 Å². The number of ketones is 1. The van der Waals surface area contributed by atoms with Gasteiger partial charge in [0.15, 0.2) is 5.78 Å². The Hall–Kier alpha value is -1.50. The summed E-state index contributed by atoms with van der Waals surface area (Å²) in [5.74, 6) is -1.09. The zero-order chi connectivity index (χ0) is 23.4. The van der Waals surface area contributed by atoms with Crippen LogP contribution in [0.5, 0.6) is 0 Å². The van der Waals surface area contributed by atoms with Crippen LogP contribution in [0.15, 0.2) is 23.8 Å². The molecule has 31 heavy (non-hydrogen) atoms. The number of esters is 1. The van der Waals surface area contributed by atoms with Crippen molar-refractivity contribution in [3.05, 3.63) is 23.8 Å². The number of Topliss-reactive ketones (excluding diaryl/α,β-unsaturated/α-hetero) is 1. The summed E-state index contributed by atoms with van der Waals surface area (Å²) in [5.41, 5.74) is 0.745. The third-order valence-electron chi connectivity index (χ3n) is 5.05. The van der Waals surface area contributed by atoms with E-state index in [4.69, 9.17) is 14.2 Å². The van der Waals surface area contributed by atoms with Crippen LogP contribution in [0.25, 0.3) is 0 Å². The summed E-state index contributed by atoms with van der Waals surface area (Å²) in [7, 11) is 0. The molecule has 4 unspecified atom stereocenters. The number of carbonyl (C=O) groups excluding carboxylic acids is 2. The molecule has 0 aromatic carbocycles. The van der Waals surface area contributed by atoms with Gasteiger partial charge >= 0.3 is 5.97 Å². The van der Waals surface area contributed by atoms with E-state index in [0.29, 0.717) is 6.61 Å². The van der Waals surface area contributed by atoms with Crippen molar-refractivity contribution >= 4 is 11.8 Å². The Bertz CT molecular complexity index is 620. The fraction of sp³-hybridized carbons (Fsp3) is 0.760. The predicted octanol–water partition coefficient (Wildman–Crippen LogP) is 4.73. The quantitative estimate of drug-likeness (QED) is 0.241. The minimum absolute atomic E-state index is 0.0146. The highest BCUT2D eigenvalue weighted by Crippen LogP contribution is 2.26. The van der Waals surface area contributed by atoms with E-state index >= 15 is 0 Å². The minimum Gasteiger partial charge on any atom is -0.462 e. The molecule has 1 N–H and O–H groups in total. The van der Waals surface area contributed by atoms with Crippen LogP contribution in [0.1, 0.15) is 80.6 Å². The molecular weight excluding hydrogens is 394 g/mol. The minimum atomic E-state index is -0.643. The van der Waals surface area contributed by atoms with Gasteiger partial charge in [-0.1, -0.05) is 37.6 Å². The molecule has 0 saturated carbocycles. The Morgan fingerprint density at radius 2 is 1.90 bits per heavy atom. The van der Waals surface area contributed by atoms with Gasteiger partial charge in [0.05, 0.1) is 17.6 Å². The first kappa shape index (κ1) is 27.5. The first-order valence-corrected chi connectivity index (χ1v) is 11.7. The normalized spacial score (nSPS) is 18.1. The van der Waals surface area contributed by atoms with Crippen LogP contribution in [0, 0.1) is 5.92 Å². The molecule has 1 aliphatic rings. The van der Waals surface area contributed by atoms with E-state index in [-0.39, 0.29) is 48.8 Å². The number of hydrogen-bond donors (Lipinski definition) is 1. The van der Waals surface area contributed by atoms with Crippen molar-refractivity contribution in [3.8, 4) is 0 Å². The number of ether oxygens (including phenoxy) is 3. The van der Waals surface area contributed by atoms with Crippen LogP contribution >= 0.6 is 0 Å². The molecule has 1 aliphatic carbocycles. The molecule has 178 valence electrons. The molecule has 0 spiro atoms. The van der Waals surface area contributed by atoms with Gasteiger partial charge in [-0.15, -0.1) is 0 Å². The van der Waals surface area contributed by atoms with Gasteiger partial charge in [-0.05, 0) is 60.3 Å². The number of carbonyl (C=O) groups is 2. The maximum Gasteiger partial charge on any atom is 0.311 e. The second-order valence-electron chi connectivity index (χ2n) is 9.28. The third-order valence-corrected chi connectivity index (χ3v) is 5.05. The van der Waals surface area contributed by atoms with E-state index in [0.717, 1.165) is 31.3 Å². The lowest BCUT2D eigenvalue weighted by Crippen LogP contribution is -2.49. The van der Waals surface area contributed by atoms with Crippen LogP contribution in [0.2, 0.25) is 0 Å². The Kier molecular flexibility index (Phi) is 12.3. The van der Waals surface area contributed by atoms with Crippen molar-refractivity contribution in [1.29, 1.82) is 0 Å². The van der Waals surface area contributed by atoms with E-state index in [1.54, 1.807) is 0 Å². The smallest absolute Gasteiger partial charge is 0.311 e. The molecule has 0 aromatic heterocycles. The van der Waals surface area contributed by atoms with Crippen LogP contribution in [-0.4, -0.2) is 48.9 Å². The zero-order valence-corrected chi connectivity index (χ0v) is 20.5. The molecule has 4 atom stereocenters. The molecule has 0 saturated heterocycles. The molecule has 0 aliphatic heterocycles. The largest absolute Gasteiger partial charge is 0.462 e. The highest BCUT2D eigenvalue weighted by molar-refractivity contribution is 5.86. The van der Waals surface area contributed by atoms with Gasteiger partial charge in [-0.25, -0.2) is 0 Å². The molecule has 0 heterocycles. The van der Waals surface area contributed by atoms with Crippen LogP contribution in [-0.2, 0) is 23.8 Å². The summed E-state index contributed by atoms with van der Waals surface area (Å²) < 4.78 is 17.2. The van der Waals surface area contributed by atoms with Crippen molar-refractivity contribution in [2.45, 2.75) is 105 Å². The van der Waals surface area contributed by atoms with Crippen molar-refractivity contribution in [1.82, 2.24) is 5.32 Å². The van der Waals surface area contributed by atoms with Crippen molar-refractivity contribution in [2.24, 2.45) is 5.92 Å². The third kappa shape index (κ3) is 11.1. The first-order valence-electron chi connectivity index (χ1n) is 11.7. The van der Waals surface area contributed by atoms with Gasteiger partial charge in [0.25, 0.3) is 0 Å². The molecule has 6 heteroatoms.